The van der Waals surface area contributed by atoms with Gasteiger partial charge in [0.05, 0.1) is 19.8 Å². The molecule has 9 nitrogen and oxygen atoms in total. The van der Waals surface area contributed by atoms with Crippen molar-refractivity contribution >= 4 is 24.5 Å². The first-order valence-corrected chi connectivity index (χ1v) is 11.1. The van der Waals surface area contributed by atoms with Gasteiger partial charge in [0.1, 0.15) is 18.8 Å². The summed E-state index contributed by atoms with van der Waals surface area (Å²) < 4.78 is 28.0. The van der Waals surface area contributed by atoms with Crippen LogP contribution in [0.5, 0.6) is 11.5 Å². The first-order chi connectivity index (χ1) is 15.2. The second-order valence-corrected chi connectivity index (χ2v) is 8.33. The van der Waals surface area contributed by atoms with Crippen LogP contribution in [0.4, 0.5) is 4.79 Å². The lowest BCUT2D eigenvalue weighted by atomic mass is 10.1. The van der Waals surface area contributed by atoms with E-state index in [0.717, 1.165) is 0 Å². The van der Waals surface area contributed by atoms with E-state index in [0.29, 0.717) is 37.8 Å². The second kappa shape index (κ2) is 14.1. The molecular formula is C23H37ClN2O7. The number of para-hydroxylation sites is 2. The van der Waals surface area contributed by atoms with E-state index in [4.69, 9.17) is 29.4 Å². The second-order valence-electron chi connectivity index (χ2n) is 8.33. The fourth-order valence-electron chi connectivity index (χ4n) is 2.95. The largest absolute Gasteiger partial charge is 0.490 e. The van der Waals surface area contributed by atoms with Crippen LogP contribution < -0.4 is 15.2 Å². The molecule has 2 N–H and O–H groups in total. The van der Waals surface area contributed by atoms with Crippen molar-refractivity contribution in [1.29, 1.82) is 0 Å². The number of hydrogen-bond acceptors (Lipinski definition) is 8. The molecule has 1 unspecified atom stereocenters. The van der Waals surface area contributed by atoms with Gasteiger partial charge < -0.3 is 34.3 Å². The summed E-state index contributed by atoms with van der Waals surface area (Å²) in [5, 5.41) is 0. The van der Waals surface area contributed by atoms with Crippen LogP contribution >= 0.6 is 12.4 Å². The molecule has 1 aliphatic heterocycles. The van der Waals surface area contributed by atoms with Crippen molar-refractivity contribution in [1.82, 2.24) is 4.90 Å². The number of nitrogens with zero attached hydrogens (tertiary/aromatic N) is 1. The highest BCUT2D eigenvalue weighted by Gasteiger charge is 2.31. The zero-order valence-electron chi connectivity index (χ0n) is 20.0. The summed E-state index contributed by atoms with van der Waals surface area (Å²) in [7, 11) is 0. The van der Waals surface area contributed by atoms with Gasteiger partial charge in [-0.2, -0.15) is 0 Å². The molecule has 1 aromatic rings. The summed E-state index contributed by atoms with van der Waals surface area (Å²) in [6.07, 6.45) is -1.92. The summed E-state index contributed by atoms with van der Waals surface area (Å²) in [5.41, 5.74) is 5.85. The molecule has 0 aromatic heterocycles. The number of morpholine rings is 1. The number of hydrogen-bond donors (Lipinski definition) is 1. The van der Waals surface area contributed by atoms with Crippen molar-refractivity contribution in [3.63, 3.8) is 0 Å². The SMILES string of the molecule is CCOc1ccccc1OC[C@@H]1CN(C(=O)OC(OC(=O)[C@H](N)C(C)C)C(C)C)CCO1.Cl. The summed E-state index contributed by atoms with van der Waals surface area (Å²) in [6, 6.07) is 6.62. The number of halogens is 1. The zero-order valence-corrected chi connectivity index (χ0v) is 20.8. The van der Waals surface area contributed by atoms with Crippen molar-refractivity contribution in [2.24, 2.45) is 17.6 Å². The number of ether oxygens (including phenoxy) is 5. The quantitative estimate of drug-likeness (QED) is 0.395. The van der Waals surface area contributed by atoms with E-state index in [1.165, 1.54) is 4.90 Å². The Morgan fingerprint density at radius 1 is 1.09 bits per heavy atom. The van der Waals surface area contributed by atoms with Crippen LogP contribution in [0.15, 0.2) is 24.3 Å². The lowest BCUT2D eigenvalue weighted by Gasteiger charge is -2.33. The topological polar surface area (TPSA) is 110 Å². The highest BCUT2D eigenvalue weighted by molar-refractivity contribution is 5.85. The molecule has 2 rings (SSSR count). The Labute approximate surface area is 202 Å². The molecule has 0 saturated carbocycles. The van der Waals surface area contributed by atoms with Crippen LogP contribution in [0.25, 0.3) is 0 Å². The third-order valence-corrected chi connectivity index (χ3v) is 4.95. The zero-order chi connectivity index (χ0) is 23.7. The molecular weight excluding hydrogens is 452 g/mol. The smallest absolute Gasteiger partial charge is 0.413 e. The van der Waals surface area contributed by atoms with E-state index in [2.05, 4.69) is 0 Å². The Balaban J connectivity index is 0.00000544. The minimum Gasteiger partial charge on any atom is -0.490 e. The lowest BCUT2D eigenvalue weighted by molar-refractivity contribution is -0.180. The van der Waals surface area contributed by atoms with E-state index in [9.17, 15) is 9.59 Å². The predicted molar refractivity (Wildman–Crippen MR) is 126 cm³/mol. The molecule has 1 fully saturated rings. The molecule has 0 bridgehead atoms. The maximum absolute atomic E-state index is 12.7. The number of amides is 1. The van der Waals surface area contributed by atoms with Gasteiger partial charge >= 0.3 is 12.1 Å². The molecule has 0 aliphatic carbocycles. The Hall–Kier alpha value is -2.23. The molecule has 1 heterocycles. The van der Waals surface area contributed by atoms with Gasteiger partial charge in [0.2, 0.25) is 0 Å². The number of nitrogens with two attached hydrogens (primary N) is 1. The highest BCUT2D eigenvalue weighted by Crippen LogP contribution is 2.27. The van der Waals surface area contributed by atoms with Crippen molar-refractivity contribution in [2.75, 3.05) is 32.9 Å². The van der Waals surface area contributed by atoms with Crippen molar-refractivity contribution in [3.8, 4) is 11.5 Å². The fourth-order valence-corrected chi connectivity index (χ4v) is 2.95. The van der Waals surface area contributed by atoms with E-state index in [-0.39, 0.29) is 37.0 Å². The van der Waals surface area contributed by atoms with E-state index >= 15 is 0 Å². The molecule has 1 aromatic carbocycles. The van der Waals surface area contributed by atoms with Gasteiger partial charge in [-0.3, -0.25) is 4.79 Å². The molecule has 10 heteroatoms. The van der Waals surface area contributed by atoms with Gasteiger partial charge in [-0.15, -0.1) is 12.4 Å². The van der Waals surface area contributed by atoms with Crippen LogP contribution in [0.1, 0.15) is 34.6 Å². The normalized spacial score (nSPS) is 17.7. The van der Waals surface area contributed by atoms with Crippen LogP contribution in [0, 0.1) is 11.8 Å². The summed E-state index contributed by atoms with van der Waals surface area (Å²) >= 11 is 0. The minimum atomic E-state index is -1.02. The van der Waals surface area contributed by atoms with Gasteiger partial charge in [0.25, 0.3) is 6.29 Å². The van der Waals surface area contributed by atoms with Gasteiger partial charge in [-0.25, -0.2) is 4.79 Å². The van der Waals surface area contributed by atoms with Gasteiger partial charge in [-0.05, 0) is 25.0 Å². The van der Waals surface area contributed by atoms with Gasteiger partial charge in [0, 0.05) is 12.5 Å². The molecule has 3 atom stereocenters. The Kier molecular flexibility index (Phi) is 12.3. The summed E-state index contributed by atoms with van der Waals surface area (Å²) in [4.78, 5) is 26.5. The standard InChI is InChI=1S/C23H36N2O7.ClH/c1-6-28-18-9-7-8-10-19(18)30-14-17-13-25(11-12-29-17)23(27)32-22(16(4)5)31-21(26)20(24)15(2)3;/h7-10,15-17,20,22H,6,11-14,24H2,1-5H3;1H/t17-,20+,22?;/m0./s1. The first kappa shape index (κ1) is 28.8. The Morgan fingerprint density at radius 3 is 2.30 bits per heavy atom. The molecule has 188 valence electrons. The third kappa shape index (κ3) is 8.91. The number of rotatable bonds is 10. The lowest BCUT2D eigenvalue weighted by Crippen LogP contribution is -2.49. The Morgan fingerprint density at radius 2 is 1.73 bits per heavy atom. The third-order valence-electron chi connectivity index (χ3n) is 4.95. The minimum absolute atomic E-state index is 0. The molecule has 0 radical (unpaired) electrons. The summed E-state index contributed by atoms with van der Waals surface area (Å²) in [6.45, 7) is 11.0. The number of carbonyl (C=O) groups is 2. The number of carbonyl (C=O) groups excluding carboxylic acids is 2. The molecule has 0 spiro atoms. The van der Waals surface area contributed by atoms with Crippen LogP contribution in [-0.4, -0.2) is 68.3 Å². The van der Waals surface area contributed by atoms with Crippen molar-refractivity contribution in [2.45, 2.75) is 53.1 Å². The van der Waals surface area contributed by atoms with Crippen LogP contribution in [0.3, 0.4) is 0 Å². The van der Waals surface area contributed by atoms with Crippen molar-refractivity contribution in [3.05, 3.63) is 24.3 Å². The van der Waals surface area contributed by atoms with Crippen LogP contribution in [0.2, 0.25) is 0 Å². The number of benzene rings is 1. The fraction of sp³-hybridized carbons (Fsp3) is 0.652. The average molecular weight is 489 g/mol. The Bertz CT molecular complexity index is 747. The maximum Gasteiger partial charge on any atom is 0.413 e. The maximum atomic E-state index is 12.7. The highest BCUT2D eigenvalue weighted by atomic mass is 35.5. The van der Waals surface area contributed by atoms with E-state index in [1.54, 1.807) is 13.8 Å². The van der Waals surface area contributed by atoms with Crippen molar-refractivity contribution < 1.29 is 33.3 Å². The van der Waals surface area contributed by atoms with E-state index < -0.39 is 24.4 Å². The molecule has 1 amide bonds. The molecule has 1 aliphatic rings. The van der Waals surface area contributed by atoms with Crippen LogP contribution in [-0.2, 0) is 19.0 Å². The first-order valence-electron chi connectivity index (χ1n) is 11.1. The number of esters is 1. The molecule has 33 heavy (non-hydrogen) atoms. The van der Waals surface area contributed by atoms with Gasteiger partial charge in [-0.1, -0.05) is 39.8 Å². The predicted octanol–water partition coefficient (Wildman–Crippen LogP) is 3.23. The van der Waals surface area contributed by atoms with E-state index in [1.807, 2.05) is 45.0 Å². The van der Waals surface area contributed by atoms with Gasteiger partial charge in [0.15, 0.2) is 11.5 Å². The summed E-state index contributed by atoms with van der Waals surface area (Å²) in [5.74, 6) is 0.373. The average Bonchev–Trinajstić information content (AvgIpc) is 2.77. The monoisotopic (exact) mass is 488 g/mol. The molecule has 1 saturated heterocycles.